The van der Waals surface area contributed by atoms with E-state index in [2.05, 4.69) is 31.1 Å². The predicted octanol–water partition coefficient (Wildman–Crippen LogP) is 2.86. The van der Waals surface area contributed by atoms with Crippen molar-refractivity contribution in [1.82, 2.24) is 9.88 Å². The van der Waals surface area contributed by atoms with Gasteiger partial charge in [-0.3, -0.25) is 4.90 Å². The average molecular weight is 268 g/mol. The molecule has 1 aliphatic rings. The maximum atomic E-state index is 9.30. The topological polar surface area (TPSA) is 36.4 Å². The van der Waals surface area contributed by atoms with Gasteiger partial charge in [0.1, 0.15) is 0 Å². The van der Waals surface area contributed by atoms with Crippen LogP contribution in [0.5, 0.6) is 0 Å². The minimum Gasteiger partial charge on any atom is -0.396 e. The van der Waals surface area contributed by atoms with Crippen LogP contribution >= 0.6 is 11.3 Å². The molecule has 1 aromatic heterocycles. The van der Waals surface area contributed by atoms with Crippen LogP contribution in [0.25, 0.3) is 0 Å². The first-order valence-electron chi connectivity index (χ1n) is 6.89. The number of likely N-dealkylation sites (tertiary alicyclic amines) is 1. The summed E-state index contributed by atoms with van der Waals surface area (Å²) in [5.74, 6) is 0.970. The monoisotopic (exact) mass is 268 g/mol. The van der Waals surface area contributed by atoms with Gasteiger partial charge in [-0.05, 0) is 25.7 Å². The Bertz CT molecular complexity index is 378. The third kappa shape index (κ3) is 3.31. The molecule has 0 bridgehead atoms. The number of aromatic nitrogens is 1. The van der Waals surface area contributed by atoms with Crippen LogP contribution in [-0.4, -0.2) is 34.2 Å². The van der Waals surface area contributed by atoms with E-state index in [1.54, 1.807) is 11.3 Å². The number of piperidine rings is 1. The molecule has 4 heteroatoms. The first kappa shape index (κ1) is 14.0. The number of rotatable bonds is 4. The van der Waals surface area contributed by atoms with Crippen LogP contribution in [0, 0.1) is 5.92 Å². The molecular formula is C14H24N2OS. The summed E-state index contributed by atoms with van der Waals surface area (Å²) in [6.07, 6.45) is 2.34. The molecule has 102 valence electrons. The Kier molecular flexibility index (Phi) is 4.76. The van der Waals surface area contributed by atoms with Gasteiger partial charge in [-0.25, -0.2) is 4.98 Å². The van der Waals surface area contributed by atoms with E-state index in [4.69, 9.17) is 4.98 Å². The SMILES string of the molecule is CC(C)c1nc(CN2CC(CO)CCC2C)cs1. The molecule has 0 aromatic carbocycles. The zero-order valence-electron chi connectivity index (χ0n) is 11.6. The summed E-state index contributed by atoms with van der Waals surface area (Å²) in [5.41, 5.74) is 1.19. The molecule has 1 aromatic rings. The molecule has 3 nitrogen and oxygen atoms in total. The van der Waals surface area contributed by atoms with Gasteiger partial charge >= 0.3 is 0 Å². The van der Waals surface area contributed by atoms with E-state index in [-0.39, 0.29) is 0 Å². The zero-order chi connectivity index (χ0) is 13.1. The van der Waals surface area contributed by atoms with Crippen molar-refractivity contribution in [3.8, 4) is 0 Å². The maximum absolute atomic E-state index is 9.30. The lowest BCUT2D eigenvalue weighted by Gasteiger charge is -2.36. The molecule has 1 saturated heterocycles. The van der Waals surface area contributed by atoms with Crippen molar-refractivity contribution in [3.05, 3.63) is 16.1 Å². The number of aliphatic hydroxyl groups excluding tert-OH is 1. The van der Waals surface area contributed by atoms with Gasteiger partial charge in [-0.15, -0.1) is 11.3 Å². The van der Waals surface area contributed by atoms with Crippen molar-refractivity contribution < 1.29 is 5.11 Å². The summed E-state index contributed by atoms with van der Waals surface area (Å²) in [6, 6.07) is 0.608. The largest absolute Gasteiger partial charge is 0.396 e. The first-order valence-corrected chi connectivity index (χ1v) is 7.77. The van der Waals surface area contributed by atoms with Crippen molar-refractivity contribution in [3.63, 3.8) is 0 Å². The highest BCUT2D eigenvalue weighted by Crippen LogP contribution is 2.25. The van der Waals surface area contributed by atoms with E-state index >= 15 is 0 Å². The lowest BCUT2D eigenvalue weighted by atomic mass is 9.94. The third-order valence-corrected chi connectivity index (χ3v) is 4.99. The molecule has 2 atom stereocenters. The minimum absolute atomic E-state index is 0.317. The van der Waals surface area contributed by atoms with Gasteiger partial charge in [-0.1, -0.05) is 13.8 Å². The summed E-state index contributed by atoms with van der Waals surface area (Å²) in [4.78, 5) is 7.17. The van der Waals surface area contributed by atoms with Crippen LogP contribution in [0.4, 0.5) is 0 Å². The Hall–Kier alpha value is -0.450. The van der Waals surface area contributed by atoms with Crippen LogP contribution in [0.3, 0.4) is 0 Å². The number of hydrogen-bond donors (Lipinski definition) is 1. The summed E-state index contributed by atoms with van der Waals surface area (Å²) in [5, 5.41) is 12.7. The van der Waals surface area contributed by atoms with Crippen molar-refractivity contribution >= 4 is 11.3 Å². The Morgan fingerprint density at radius 2 is 2.28 bits per heavy atom. The van der Waals surface area contributed by atoms with Crippen molar-refractivity contribution in [2.45, 2.75) is 52.1 Å². The lowest BCUT2D eigenvalue weighted by molar-refractivity contribution is 0.0763. The molecule has 1 fully saturated rings. The Morgan fingerprint density at radius 1 is 1.50 bits per heavy atom. The lowest BCUT2D eigenvalue weighted by Crippen LogP contribution is -2.42. The Labute approximate surface area is 114 Å². The molecule has 0 radical (unpaired) electrons. The van der Waals surface area contributed by atoms with Gasteiger partial charge < -0.3 is 5.11 Å². The molecule has 0 saturated carbocycles. The summed E-state index contributed by atoms with van der Waals surface area (Å²) in [6.45, 7) is 8.91. The molecule has 0 spiro atoms. The smallest absolute Gasteiger partial charge is 0.0954 e. The zero-order valence-corrected chi connectivity index (χ0v) is 12.4. The number of aliphatic hydroxyl groups is 1. The third-order valence-electron chi connectivity index (χ3n) is 3.80. The van der Waals surface area contributed by atoms with Crippen molar-refractivity contribution in [2.24, 2.45) is 5.92 Å². The second-order valence-electron chi connectivity index (χ2n) is 5.74. The normalized spacial score (nSPS) is 25.8. The standard InChI is InChI=1S/C14H24N2OS/c1-10(2)14-15-13(9-18-14)7-16-6-12(8-17)5-4-11(16)3/h9-12,17H,4-8H2,1-3H3. The number of hydrogen-bond acceptors (Lipinski definition) is 4. The summed E-state index contributed by atoms with van der Waals surface area (Å²) in [7, 11) is 0. The van der Waals surface area contributed by atoms with Gasteiger partial charge in [0.25, 0.3) is 0 Å². The molecule has 2 rings (SSSR count). The molecular weight excluding hydrogens is 244 g/mol. The van der Waals surface area contributed by atoms with Crippen LogP contribution in [-0.2, 0) is 6.54 Å². The predicted molar refractivity (Wildman–Crippen MR) is 75.9 cm³/mol. The molecule has 18 heavy (non-hydrogen) atoms. The van der Waals surface area contributed by atoms with Gasteiger partial charge in [-0.2, -0.15) is 0 Å². The molecule has 1 aliphatic heterocycles. The fraction of sp³-hybridized carbons (Fsp3) is 0.786. The molecule has 0 aliphatic carbocycles. The first-order chi connectivity index (χ1) is 8.60. The highest BCUT2D eigenvalue weighted by Gasteiger charge is 2.25. The molecule has 0 amide bonds. The molecule has 1 N–H and O–H groups in total. The van der Waals surface area contributed by atoms with Crippen molar-refractivity contribution in [2.75, 3.05) is 13.2 Å². The second-order valence-corrected chi connectivity index (χ2v) is 6.63. The van der Waals surface area contributed by atoms with E-state index in [1.165, 1.54) is 17.1 Å². The quantitative estimate of drug-likeness (QED) is 0.912. The van der Waals surface area contributed by atoms with Crippen LogP contribution < -0.4 is 0 Å². The van der Waals surface area contributed by atoms with E-state index in [0.29, 0.717) is 24.5 Å². The van der Waals surface area contributed by atoms with Gasteiger partial charge in [0.2, 0.25) is 0 Å². The molecule has 2 heterocycles. The highest BCUT2D eigenvalue weighted by molar-refractivity contribution is 7.09. The Balaban J connectivity index is 1.98. The van der Waals surface area contributed by atoms with Crippen molar-refractivity contribution in [1.29, 1.82) is 0 Å². The number of nitrogens with zero attached hydrogens (tertiary/aromatic N) is 2. The fourth-order valence-electron chi connectivity index (χ4n) is 2.50. The van der Waals surface area contributed by atoms with E-state index in [0.717, 1.165) is 19.5 Å². The fourth-order valence-corrected chi connectivity index (χ4v) is 3.33. The van der Waals surface area contributed by atoms with Crippen LogP contribution in [0.2, 0.25) is 0 Å². The molecule has 2 unspecified atom stereocenters. The van der Waals surface area contributed by atoms with Crippen LogP contribution in [0.1, 0.15) is 50.2 Å². The van der Waals surface area contributed by atoms with Crippen LogP contribution in [0.15, 0.2) is 5.38 Å². The van der Waals surface area contributed by atoms with Gasteiger partial charge in [0.05, 0.1) is 10.7 Å². The van der Waals surface area contributed by atoms with E-state index in [9.17, 15) is 5.11 Å². The minimum atomic E-state index is 0.317. The summed E-state index contributed by atoms with van der Waals surface area (Å²) < 4.78 is 0. The Morgan fingerprint density at radius 3 is 2.89 bits per heavy atom. The highest BCUT2D eigenvalue weighted by atomic mass is 32.1. The summed E-state index contributed by atoms with van der Waals surface area (Å²) >= 11 is 1.77. The van der Waals surface area contributed by atoms with Gasteiger partial charge in [0.15, 0.2) is 0 Å². The average Bonchev–Trinajstić information content (AvgIpc) is 2.81. The van der Waals surface area contributed by atoms with E-state index < -0.39 is 0 Å². The maximum Gasteiger partial charge on any atom is 0.0954 e. The van der Waals surface area contributed by atoms with Gasteiger partial charge in [0, 0.05) is 37.0 Å². The second kappa shape index (κ2) is 6.13. The number of thiazole rings is 1. The van der Waals surface area contributed by atoms with E-state index in [1.807, 2.05) is 0 Å².